The number of amides is 1. The van der Waals surface area contributed by atoms with Gasteiger partial charge in [-0.1, -0.05) is 25.7 Å². The number of nitrogens with one attached hydrogen (secondary N) is 2. The highest BCUT2D eigenvalue weighted by Gasteiger charge is 2.32. The van der Waals surface area contributed by atoms with Gasteiger partial charge in [0.05, 0.1) is 24.7 Å². The molecule has 94 valence electrons. The average molecular weight is 237 g/mol. The summed E-state index contributed by atoms with van der Waals surface area (Å²) in [7, 11) is 0. The molecule has 1 aromatic heterocycles. The second-order valence-electron chi connectivity index (χ2n) is 4.77. The minimum Gasteiger partial charge on any atom is -0.394 e. The van der Waals surface area contributed by atoms with E-state index >= 15 is 0 Å². The van der Waals surface area contributed by atoms with Crippen LogP contribution in [0.15, 0.2) is 12.5 Å². The largest absolute Gasteiger partial charge is 0.394 e. The Morgan fingerprint density at radius 1 is 1.41 bits per heavy atom. The summed E-state index contributed by atoms with van der Waals surface area (Å²) in [6, 6.07) is 0. The molecule has 0 radical (unpaired) electrons. The van der Waals surface area contributed by atoms with E-state index in [0.717, 1.165) is 25.7 Å². The van der Waals surface area contributed by atoms with Gasteiger partial charge in [-0.25, -0.2) is 4.98 Å². The SMILES string of the molecule is O=C(NC1(CO)CCCCCC1)c1cnc[nH]1. The van der Waals surface area contributed by atoms with Gasteiger partial charge in [-0.05, 0) is 12.8 Å². The normalized spacial score (nSPS) is 19.6. The second-order valence-corrected chi connectivity index (χ2v) is 4.77. The van der Waals surface area contributed by atoms with Crippen LogP contribution in [0.1, 0.15) is 49.0 Å². The third-order valence-corrected chi connectivity index (χ3v) is 3.48. The van der Waals surface area contributed by atoms with Crippen molar-refractivity contribution in [3.05, 3.63) is 18.2 Å². The van der Waals surface area contributed by atoms with Crippen LogP contribution in [0.3, 0.4) is 0 Å². The Morgan fingerprint density at radius 3 is 2.65 bits per heavy atom. The smallest absolute Gasteiger partial charge is 0.269 e. The summed E-state index contributed by atoms with van der Waals surface area (Å²) in [6.45, 7) is 0.00682. The number of hydrogen-bond acceptors (Lipinski definition) is 3. The first-order valence-corrected chi connectivity index (χ1v) is 6.17. The number of aliphatic hydroxyl groups is 1. The van der Waals surface area contributed by atoms with Gasteiger partial charge < -0.3 is 15.4 Å². The minimum absolute atomic E-state index is 0.00682. The van der Waals surface area contributed by atoms with Crippen molar-refractivity contribution in [2.75, 3.05) is 6.61 Å². The van der Waals surface area contributed by atoms with Gasteiger partial charge in [-0.2, -0.15) is 0 Å². The van der Waals surface area contributed by atoms with Crippen LogP contribution in [0.25, 0.3) is 0 Å². The lowest BCUT2D eigenvalue weighted by Crippen LogP contribution is -2.51. The van der Waals surface area contributed by atoms with Gasteiger partial charge in [0, 0.05) is 0 Å². The summed E-state index contributed by atoms with van der Waals surface area (Å²) in [5.41, 5.74) is 0.000622. The van der Waals surface area contributed by atoms with E-state index in [1.54, 1.807) is 0 Å². The van der Waals surface area contributed by atoms with Crippen LogP contribution in [-0.4, -0.2) is 33.1 Å². The van der Waals surface area contributed by atoms with E-state index in [2.05, 4.69) is 15.3 Å². The lowest BCUT2D eigenvalue weighted by Gasteiger charge is -2.31. The lowest BCUT2D eigenvalue weighted by molar-refractivity contribution is 0.0801. The quantitative estimate of drug-likeness (QED) is 0.692. The van der Waals surface area contributed by atoms with Crippen molar-refractivity contribution >= 4 is 5.91 Å². The molecule has 0 spiro atoms. The first-order chi connectivity index (χ1) is 8.26. The molecule has 0 atom stereocenters. The standard InChI is InChI=1S/C12H19N3O2/c16-8-12(5-3-1-2-4-6-12)15-11(17)10-7-13-9-14-10/h7,9,16H,1-6,8H2,(H,13,14)(H,15,17). The third kappa shape index (κ3) is 2.85. The molecule has 1 fully saturated rings. The van der Waals surface area contributed by atoms with Crippen molar-refractivity contribution in [2.45, 2.75) is 44.1 Å². The zero-order chi connectivity index (χ0) is 12.1. The molecule has 3 N–H and O–H groups in total. The molecule has 17 heavy (non-hydrogen) atoms. The lowest BCUT2D eigenvalue weighted by atomic mass is 9.91. The highest BCUT2D eigenvalue weighted by molar-refractivity contribution is 5.92. The van der Waals surface area contributed by atoms with Crippen LogP contribution in [0.5, 0.6) is 0 Å². The molecule has 2 rings (SSSR count). The molecule has 0 bridgehead atoms. The zero-order valence-corrected chi connectivity index (χ0v) is 9.91. The van der Waals surface area contributed by atoms with Crippen LogP contribution in [0, 0.1) is 0 Å². The number of aromatic amines is 1. The van der Waals surface area contributed by atoms with Gasteiger partial charge in [-0.15, -0.1) is 0 Å². The number of carbonyl (C=O) groups excluding carboxylic acids is 1. The molecule has 1 amide bonds. The van der Waals surface area contributed by atoms with Crippen molar-refractivity contribution in [3.8, 4) is 0 Å². The van der Waals surface area contributed by atoms with Crippen molar-refractivity contribution in [2.24, 2.45) is 0 Å². The molecule has 0 unspecified atom stereocenters. The number of imidazole rings is 1. The van der Waals surface area contributed by atoms with Crippen LogP contribution in [0.4, 0.5) is 0 Å². The zero-order valence-electron chi connectivity index (χ0n) is 9.91. The first kappa shape index (κ1) is 12.1. The topological polar surface area (TPSA) is 78.0 Å². The number of hydrogen-bond donors (Lipinski definition) is 3. The number of nitrogens with zero attached hydrogens (tertiary/aromatic N) is 1. The molecule has 0 aromatic carbocycles. The maximum Gasteiger partial charge on any atom is 0.269 e. The van der Waals surface area contributed by atoms with Crippen molar-refractivity contribution in [1.29, 1.82) is 0 Å². The van der Waals surface area contributed by atoms with Gasteiger partial charge >= 0.3 is 0 Å². The number of aliphatic hydroxyl groups excluding tert-OH is 1. The van der Waals surface area contributed by atoms with Crippen molar-refractivity contribution < 1.29 is 9.90 Å². The van der Waals surface area contributed by atoms with E-state index in [1.165, 1.54) is 25.4 Å². The summed E-state index contributed by atoms with van der Waals surface area (Å²) < 4.78 is 0. The Morgan fingerprint density at radius 2 is 2.12 bits per heavy atom. The van der Waals surface area contributed by atoms with Gasteiger partial charge in [0.15, 0.2) is 0 Å². The molecule has 1 aliphatic carbocycles. The van der Waals surface area contributed by atoms with E-state index < -0.39 is 5.54 Å². The van der Waals surface area contributed by atoms with E-state index in [9.17, 15) is 9.90 Å². The number of aromatic nitrogens is 2. The summed E-state index contributed by atoms with van der Waals surface area (Å²) in [4.78, 5) is 18.6. The van der Waals surface area contributed by atoms with Gasteiger partial charge in [0.1, 0.15) is 5.69 Å². The maximum absolute atomic E-state index is 12.0. The monoisotopic (exact) mass is 237 g/mol. The Hall–Kier alpha value is -1.36. The highest BCUT2D eigenvalue weighted by atomic mass is 16.3. The molecular formula is C12H19N3O2. The number of rotatable bonds is 3. The number of carbonyl (C=O) groups is 1. The van der Waals surface area contributed by atoms with Crippen LogP contribution < -0.4 is 5.32 Å². The Kier molecular flexibility index (Phi) is 3.78. The highest BCUT2D eigenvalue weighted by Crippen LogP contribution is 2.26. The van der Waals surface area contributed by atoms with Crippen LogP contribution in [0.2, 0.25) is 0 Å². The fourth-order valence-electron chi connectivity index (χ4n) is 2.42. The summed E-state index contributed by atoms with van der Waals surface area (Å²) in [5.74, 6) is -0.182. The summed E-state index contributed by atoms with van der Waals surface area (Å²) in [5, 5.41) is 12.5. The van der Waals surface area contributed by atoms with Crippen molar-refractivity contribution in [1.82, 2.24) is 15.3 Å². The average Bonchev–Trinajstić information content (AvgIpc) is 2.78. The molecule has 1 aromatic rings. The molecule has 0 aliphatic heterocycles. The Balaban J connectivity index is 2.05. The molecule has 1 saturated carbocycles. The summed E-state index contributed by atoms with van der Waals surface area (Å²) in [6.07, 6.45) is 9.16. The molecule has 5 nitrogen and oxygen atoms in total. The molecule has 1 heterocycles. The summed E-state index contributed by atoms with van der Waals surface area (Å²) >= 11 is 0. The second kappa shape index (κ2) is 5.31. The first-order valence-electron chi connectivity index (χ1n) is 6.17. The Labute approximate surface area is 101 Å². The molecular weight excluding hydrogens is 218 g/mol. The van der Waals surface area contributed by atoms with Gasteiger partial charge in [0.25, 0.3) is 5.91 Å². The van der Waals surface area contributed by atoms with Crippen molar-refractivity contribution in [3.63, 3.8) is 0 Å². The fraction of sp³-hybridized carbons (Fsp3) is 0.667. The van der Waals surface area contributed by atoms with E-state index in [0.29, 0.717) is 5.69 Å². The minimum atomic E-state index is -0.446. The maximum atomic E-state index is 12.0. The Bertz CT molecular complexity index is 354. The fourth-order valence-corrected chi connectivity index (χ4v) is 2.42. The molecule has 1 aliphatic rings. The van der Waals surface area contributed by atoms with E-state index in [1.807, 2.05) is 0 Å². The predicted octanol–water partition coefficient (Wildman–Crippen LogP) is 1.22. The predicted molar refractivity (Wildman–Crippen MR) is 63.6 cm³/mol. The van der Waals surface area contributed by atoms with E-state index in [-0.39, 0.29) is 12.5 Å². The van der Waals surface area contributed by atoms with Gasteiger partial charge in [0.2, 0.25) is 0 Å². The van der Waals surface area contributed by atoms with Crippen LogP contribution >= 0.6 is 0 Å². The molecule has 5 heteroatoms. The third-order valence-electron chi connectivity index (χ3n) is 3.48. The van der Waals surface area contributed by atoms with Crippen LogP contribution in [-0.2, 0) is 0 Å². The number of H-pyrrole nitrogens is 1. The van der Waals surface area contributed by atoms with E-state index in [4.69, 9.17) is 0 Å². The molecule has 0 saturated heterocycles. The van der Waals surface area contributed by atoms with Gasteiger partial charge in [-0.3, -0.25) is 4.79 Å².